The molecule has 0 unspecified atom stereocenters. The molecule has 3 aromatic rings. The van der Waals surface area contributed by atoms with Gasteiger partial charge in [0.15, 0.2) is 5.69 Å². The van der Waals surface area contributed by atoms with Crippen molar-refractivity contribution in [2.75, 3.05) is 18.4 Å². The van der Waals surface area contributed by atoms with Gasteiger partial charge in [-0.15, -0.1) is 0 Å². The molecule has 2 heterocycles. The Balaban J connectivity index is 1.51. The molecule has 0 saturated carbocycles. The average Bonchev–Trinajstić information content (AvgIpc) is 3.11. The Labute approximate surface area is 196 Å². The SMILES string of the molecule is O=C(Nc1ccc(S(=O)(=O)N2CCCCCC2)cc1)c1nn(-c2ccc(Cl)cc2)ccc1=O. The highest BCUT2D eigenvalue weighted by molar-refractivity contribution is 7.89. The fourth-order valence-electron chi connectivity index (χ4n) is 3.63. The van der Waals surface area contributed by atoms with Gasteiger partial charge >= 0.3 is 0 Å². The molecule has 2 aromatic carbocycles. The van der Waals surface area contributed by atoms with E-state index in [0.29, 0.717) is 29.5 Å². The molecule has 1 aromatic heterocycles. The number of carbonyl (C=O) groups excluding carboxylic acids is 1. The number of amides is 1. The van der Waals surface area contributed by atoms with Crippen LogP contribution in [0.5, 0.6) is 0 Å². The van der Waals surface area contributed by atoms with Gasteiger partial charge in [-0.05, 0) is 61.4 Å². The second-order valence-corrected chi connectivity index (χ2v) is 10.1. The van der Waals surface area contributed by atoms with E-state index in [2.05, 4.69) is 10.4 Å². The van der Waals surface area contributed by atoms with Gasteiger partial charge in [0.25, 0.3) is 5.91 Å². The summed E-state index contributed by atoms with van der Waals surface area (Å²) in [6.45, 7) is 1.03. The van der Waals surface area contributed by atoms with Crippen LogP contribution >= 0.6 is 11.6 Å². The van der Waals surface area contributed by atoms with Crippen LogP contribution in [-0.2, 0) is 10.0 Å². The van der Waals surface area contributed by atoms with E-state index in [4.69, 9.17) is 11.6 Å². The fourth-order valence-corrected chi connectivity index (χ4v) is 5.28. The standard InChI is InChI=1S/C23H23ClN4O4S/c24-17-5-9-19(10-6-17)28-16-13-21(29)22(26-28)23(30)25-18-7-11-20(12-8-18)33(31,32)27-14-3-1-2-4-15-27/h5-13,16H,1-4,14-15H2,(H,25,30). The molecule has 4 rings (SSSR count). The molecule has 0 radical (unpaired) electrons. The molecular formula is C23H23ClN4O4S. The van der Waals surface area contributed by atoms with Crippen LogP contribution in [0.4, 0.5) is 5.69 Å². The molecule has 0 aliphatic carbocycles. The van der Waals surface area contributed by atoms with Gasteiger partial charge in [0.1, 0.15) is 0 Å². The lowest BCUT2D eigenvalue weighted by Gasteiger charge is -2.20. The van der Waals surface area contributed by atoms with Crippen molar-refractivity contribution in [1.82, 2.24) is 14.1 Å². The molecule has 1 saturated heterocycles. The first-order valence-electron chi connectivity index (χ1n) is 10.6. The van der Waals surface area contributed by atoms with Crippen LogP contribution in [0.3, 0.4) is 0 Å². The van der Waals surface area contributed by atoms with Crippen molar-refractivity contribution in [3.8, 4) is 5.69 Å². The summed E-state index contributed by atoms with van der Waals surface area (Å²) in [6.07, 6.45) is 5.23. The van der Waals surface area contributed by atoms with E-state index in [1.807, 2.05) is 0 Å². The maximum atomic E-state index is 12.9. The van der Waals surface area contributed by atoms with Crippen molar-refractivity contribution >= 4 is 33.2 Å². The van der Waals surface area contributed by atoms with Crippen molar-refractivity contribution in [2.24, 2.45) is 0 Å². The molecule has 1 fully saturated rings. The third kappa shape index (κ3) is 5.32. The number of nitrogens with zero attached hydrogens (tertiary/aromatic N) is 3. The third-order valence-corrected chi connectivity index (χ3v) is 7.59. The molecule has 33 heavy (non-hydrogen) atoms. The van der Waals surface area contributed by atoms with E-state index in [-0.39, 0.29) is 10.6 Å². The zero-order chi connectivity index (χ0) is 23.4. The largest absolute Gasteiger partial charge is 0.320 e. The lowest BCUT2D eigenvalue weighted by atomic mass is 10.2. The number of hydrogen-bond acceptors (Lipinski definition) is 5. The van der Waals surface area contributed by atoms with Gasteiger partial charge < -0.3 is 5.32 Å². The van der Waals surface area contributed by atoms with Gasteiger partial charge in [-0.3, -0.25) is 9.59 Å². The maximum Gasteiger partial charge on any atom is 0.280 e. The molecule has 10 heteroatoms. The smallest absolute Gasteiger partial charge is 0.280 e. The summed E-state index contributed by atoms with van der Waals surface area (Å²) in [4.78, 5) is 25.1. The molecule has 1 aliphatic rings. The predicted molar refractivity (Wildman–Crippen MR) is 126 cm³/mol. The van der Waals surface area contributed by atoms with Gasteiger partial charge in [-0.25, -0.2) is 13.1 Å². The van der Waals surface area contributed by atoms with Crippen LogP contribution < -0.4 is 10.7 Å². The zero-order valence-electron chi connectivity index (χ0n) is 17.8. The number of carbonyl (C=O) groups is 1. The summed E-state index contributed by atoms with van der Waals surface area (Å²) in [5, 5.41) is 7.31. The number of anilines is 1. The third-order valence-electron chi connectivity index (χ3n) is 5.43. The average molecular weight is 487 g/mol. The number of sulfonamides is 1. The van der Waals surface area contributed by atoms with E-state index >= 15 is 0 Å². The number of aromatic nitrogens is 2. The minimum Gasteiger partial charge on any atom is -0.320 e. The molecule has 1 aliphatic heterocycles. The molecular weight excluding hydrogens is 464 g/mol. The summed E-state index contributed by atoms with van der Waals surface area (Å²) in [5.41, 5.74) is 0.182. The Bertz CT molecular complexity index is 1300. The molecule has 1 amide bonds. The second kappa shape index (κ2) is 9.86. The Kier molecular flexibility index (Phi) is 6.92. The molecule has 0 atom stereocenters. The van der Waals surface area contributed by atoms with E-state index in [0.717, 1.165) is 25.7 Å². The fraction of sp³-hybridized carbons (Fsp3) is 0.261. The summed E-state index contributed by atoms with van der Waals surface area (Å²) in [7, 11) is -3.58. The van der Waals surface area contributed by atoms with E-state index in [1.165, 1.54) is 45.5 Å². The molecule has 172 valence electrons. The molecule has 0 bridgehead atoms. The van der Waals surface area contributed by atoms with Crippen LogP contribution in [0.1, 0.15) is 36.2 Å². The van der Waals surface area contributed by atoms with Crippen LogP contribution in [0.2, 0.25) is 5.02 Å². The number of halogens is 1. The molecule has 8 nitrogen and oxygen atoms in total. The topological polar surface area (TPSA) is 101 Å². The normalized spacial score (nSPS) is 15.1. The van der Waals surface area contributed by atoms with Gasteiger partial charge in [0, 0.05) is 36.1 Å². The van der Waals surface area contributed by atoms with Crippen molar-refractivity contribution in [1.29, 1.82) is 0 Å². The Morgan fingerprint density at radius 1 is 0.909 bits per heavy atom. The molecule has 1 N–H and O–H groups in total. The van der Waals surface area contributed by atoms with Gasteiger partial charge in [-0.1, -0.05) is 24.4 Å². The van der Waals surface area contributed by atoms with E-state index in [9.17, 15) is 18.0 Å². The maximum absolute atomic E-state index is 12.9. The second-order valence-electron chi connectivity index (χ2n) is 7.75. The lowest BCUT2D eigenvalue weighted by Crippen LogP contribution is -2.31. The number of hydrogen-bond donors (Lipinski definition) is 1. The van der Waals surface area contributed by atoms with Crippen LogP contribution in [0.25, 0.3) is 5.69 Å². The quantitative estimate of drug-likeness (QED) is 0.592. The van der Waals surface area contributed by atoms with Gasteiger partial charge in [-0.2, -0.15) is 9.40 Å². The van der Waals surface area contributed by atoms with Crippen molar-refractivity contribution in [2.45, 2.75) is 30.6 Å². The first-order valence-corrected chi connectivity index (χ1v) is 12.4. The minimum absolute atomic E-state index is 0.172. The highest BCUT2D eigenvalue weighted by Crippen LogP contribution is 2.22. The minimum atomic E-state index is -3.58. The predicted octanol–water partition coefficient (Wildman–Crippen LogP) is 3.70. The van der Waals surface area contributed by atoms with Gasteiger partial charge in [0.05, 0.1) is 10.6 Å². The van der Waals surface area contributed by atoms with Crippen LogP contribution in [-0.4, -0.2) is 41.5 Å². The van der Waals surface area contributed by atoms with E-state index in [1.54, 1.807) is 24.3 Å². The van der Waals surface area contributed by atoms with Crippen molar-refractivity contribution < 1.29 is 13.2 Å². The van der Waals surface area contributed by atoms with Crippen LogP contribution in [0, 0.1) is 0 Å². The van der Waals surface area contributed by atoms with Crippen LogP contribution in [0.15, 0.2) is 70.5 Å². The highest BCUT2D eigenvalue weighted by atomic mass is 35.5. The van der Waals surface area contributed by atoms with E-state index < -0.39 is 21.4 Å². The zero-order valence-corrected chi connectivity index (χ0v) is 19.3. The number of benzene rings is 2. The number of rotatable bonds is 5. The molecule has 0 spiro atoms. The summed E-state index contributed by atoms with van der Waals surface area (Å²) >= 11 is 5.90. The first kappa shape index (κ1) is 23.2. The highest BCUT2D eigenvalue weighted by Gasteiger charge is 2.25. The number of nitrogens with one attached hydrogen (secondary N) is 1. The van der Waals surface area contributed by atoms with Crippen molar-refractivity contribution in [3.63, 3.8) is 0 Å². The Morgan fingerprint density at radius 2 is 1.55 bits per heavy atom. The van der Waals surface area contributed by atoms with Crippen molar-refractivity contribution in [3.05, 3.63) is 81.7 Å². The monoisotopic (exact) mass is 486 g/mol. The summed E-state index contributed by atoms with van der Waals surface area (Å²) < 4.78 is 28.7. The lowest BCUT2D eigenvalue weighted by molar-refractivity contribution is 0.101. The Morgan fingerprint density at radius 3 is 2.18 bits per heavy atom. The van der Waals surface area contributed by atoms with Gasteiger partial charge in [0.2, 0.25) is 15.5 Å². The summed E-state index contributed by atoms with van der Waals surface area (Å²) in [6, 6.07) is 14.0. The first-order chi connectivity index (χ1) is 15.8. The Hall–Kier alpha value is -3.01. The summed E-state index contributed by atoms with van der Waals surface area (Å²) in [5.74, 6) is -0.688.